The first kappa shape index (κ1) is 28.9. The number of Topliss-reactive ketones (excluding diaryl/α,β-unsaturated/α-hetero) is 1. The van der Waals surface area contributed by atoms with Crippen molar-refractivity contribution >= 4 is 11.7 Å². The van der Waals surface area contributed by atoms with Crippen molar-refractivity contribution in [3.8, 4) is 17.0 Å². The number of halogens is 3. The van der Waals surface area contributed by atoms with E-state index in [1.807, 2.05) is 37.4 Å². The lowest BCUT2D eigenvalue weighted by Crippen LogP contribution is -2.37. The number of carbonyl (C=O) groups is 2. The monoisotopic (exact) mass is 531 g/mol. The summed E-state index contributed by atoms with van der Waals surface area (Å²) in [4.78, 5) is 29.1. The number of alkyl halides is 3. The molecule has 7 nitrogen and oxygen atoms in total. The molecule has 2 N–H and O–H groups in total. The molecule has 0 aliphatic carbocycles. The number of hydrogen-bond acceptors (Lipinski definition) is 5. The second-order valence-electron chi connectivity index (χ2n) is 9.16. The quantitative estimate of drug-likeness (QED) is 0.335. The van der Waals surface area contributed by atoms with Crippen LogP contribution in [0.1, 0.15) is 59.3 Å². The first-order valence-electron chi connectivity index (χ1n) is 12.4. The topological polar surface area (TPSA) is 93.4 Å². The van der Waals surface area contributed by atoms with Gasteiger partial charge in [0.1, 0.15) is 5.75 Å². The van der Waals surface area contributed by atoms with Crippen molar-refractivity contribution in [1.82, 2.24) is 14.9 Å². The smallest absolute Gasteiger partial charge is 0.425 e. The molecule has 3 aromatic rings. The van der Waals surface area contributed by atoms with Crippen LogP contribution in [0, 0.1) is 6.92 Å². The number of ether oxygens (including phenoxy) is 1. The van der Waals surface area contributed by atoms with Gasteiger partial charge in [-0.2, -0.15) is 13.2 Å². The van der Waals surface area contributed by atoms with Crippen molar-refractivity contribution in [2.45, 2.75) is 65.4 Å². The average Bonchev–Trinajstić information content (AvgIpc) is 3.30. The summed E-state index contributed by atoms with van der Waals surface area (Å²) in [6, 6.07) is 11.5. The van der Waals surface area contributed by atoms with Crippen LogP contribution in [-0.4, -0.2) is 51.3 Å². The van der Waals surface area contributed by atoms with E-state index < -0.39 is 18.2 Å². The maximum absolute atomic E-state index is 12.9. The lowest BCUT2D eigenvalue weighted by atomic mass is 10.0. The predicted molar refractivity (Wildman–Crippen MR) is 137 cm³/mol. The molecule has 0 aliphatic rings. The standard InChI is InChI=1S/C28H32F3N3O4/c1-5-34-16-24(33-26(34)18(3)36)21-8-6-20(7-9-21)15-23(12-13-35)32-27(37)22-10-11-25(17(2)14-22)38-19(4)28(29,30)31/h6-11,14,16,19,23,35H,5,12-13,15H2,1-4H3,(H,32,37)/t19?,23-/m1/s1. The van der Waals surface area contributed by atoms with Gasteiger partial charge in [-0.15, -0.1) is 0 Å². The molecule has 2 atom stereocenters. The molecule has 0 radical (unpaired) electrons. The summed E-state index contributed by atoms with van der Waals surface area (Å²) in [5.41, 5.74) is 3.15. The van der Waals surface area contributed by atoms with E-state index in [1.165, 1.54) is 25.1 Å². The molecule has 0 saturated carbocycles. The number of ketones is 1. The van der Waals surface area contributed by atoms with Crippen LogP contribution in [0.2, 0.25) is 0 Å². The summed E-state index contributed by atoms with van der Waals surface area (Å²) < 4.78 is 45.2. The van der Waals surface area contributed by atoms with Crippen molar-refractivity contribution < 1.29 is 32.6 Å². The van der Waals surface area contributed by atoms with Crippen LogP contribution in [0.15, 0.2) is 48.7 Å². The summed E-state index contributed by atoms with van der Waals surface area (Å²) in [6.07, 6.45) is -3.85. The van der Waals surface area contributed by atoms with Crippen LogP contribution in [0.25, 0.3) is 11.3 Å². The third-order valence-electron chi connectivity index (χ3n) is 6.18. The van der Waals surface area contributed by atoms with Crippen molar-refractivity contribution in [3.05, 3.63) is 71.2 Å². The Labute approximate surface area is 219 Å². The van der Waals surface area contributed by atoms with Crippen LogP contribution >= 0.6 is 0 Å². The van der Waals surface area contributed by atoms with Gasteiger partial charge in [0.05, 0.1) is 5.69 Å². The maximum Gasteiger partial charge on any atom is 0.425 e. The lowest BCUT2D eigenvalue weighted by Gasteiger charge is -2.20. The van der Waals surface area contributed by atoms with Gasteiger partial charge in [-0.1, -0.05) is 24.3 Å². The Morgan fingerprint density at radius 1 is 1.16 bits per heavy atom. The second kappa shape index (κ2) is 12.3. The van der Waals surface area contributed by atoms with Crippen LogP contribution in [0.5, 0.6) is 5.75 Å². The van der Waals surface area contributed by atoms with Gasteiger partial charge >= 0.3 is 6.18 Å². The van der Waals surface area contributed by atoms with E-state index in [1.54, 1.807) is 11.5 Å². The number of carbonyl (C=O) groups excluding carboxylic acids is 2. The molecule has 2 aromatic carbocycles. The van der Waals surface area contributed by atoms with Gasteiger partial charge in [-0.3, -0.25) is 9.59 Å². The van der Waals surface area contributed by atoms with Gasteiger partial charge in [0, 0.05) is 43.4 Å². The first-order valence-corrected chi connectivity index (χ1v) is 12.4. The summed E-state index contributed by atoms with van der Waals surface area (Å²) in [7, 11) is 0. The number of nitrogens with one attached hydrogen (secondary N) is 1. The van der Waals surface area contributed by atoms with Gasteiger partial charge < -0.3 is 19.7 Å². The van der Waals surface area contributed by atoms with Gasteiger partial charge in [-0.05, 0) is 62.9 Å². The third kappa shape index (κ3) is 7.22. The number of aliphatic hydroxyl groups excluding tert-OH is 1. The third-order valence-corrected chi connectivity index (χ3v) is 6.18. The van der Waals surface area contributed by atoms with Gasteiger partial charge in [0.25, 0.3) is 5.91 Å². The number of aryl methyl sites for hydroxylation is 2. The number of benzene rings is 2. The van der Waals surface area contributed by atoms with Crippen molar-refractivity contribution in [3.63, 3.8) is 0 Å². The number of nitrogens with zero attached hydrogens (tertiary/aromatic N) is 2. The highest BCUT2D eigenvalue weighted by Gasteiger charge is 2.38. The summed E-state index contributed by atoms with van der Waals surface area (Å²) >= 11 is 0. The number of aromatic nitrogens is 2. The minimum Gasteiger partial charge on any atom is -0.481 e. The van der Waals surface area contributed by atoms with E-state index in [4.69, 9.17) is 4.74 Å². The van der Waals surface area contributed by atoms with Gasteiger partial charge in [0.15, 0.2) is 17.7 Å². The fourth-order valence-electron chi connectivity index (χ4n) is 4.00. The first-order chi connectivity index (χ1) is 17.9. The highest BCUT2D eigenvalue weighted by molar-refractivity contribution is 5.94. The van der Waals surface area contributed by atoms with E-state index >= 15 is 0 Å². The predicted octanol–water partition coefficient (Wildman–Crippen LogP) is 5.13. The summed E-state index contributed by atoms with van der Waals surface area (Å²) in [5.74, 6) is -0.0504. The molecular formula is C28H32F3N3O4. The lowest BCUT2D eigenvalue weighted by molar-refractivity contribution is -0.189. The molecule has 1 aromatic heterocycles. The van der Waals surface area contributed by atoms with Crippen molar-refractivity contribution in [2.75, 3.05) is 6.61 Å². The summed E-state index contributed by atoms with van der Waals surface area (Å²) in [5, 5.41) is 12.4. The number of aliphatic hydroxyl groups is 1. The SMILES string of the molecule is CCn1cc(-c2ccc(C[C@@H](CCO)NC(=O)c3ccc(OC(C)C(F)(F)F)c(C)c3)cc2)nc1C(C)=O. The molecule has 0 fully saturated rings. The van der Waals surface area contributed by atoms with Gasteiger partial charge in [0.2, 0.25) is 0 Å². The molecule has 0 spiro atoms. The Morgan fingerprint density at radius 2 is 1.84 bits per heavy atom. The van der Waals surface area contributed by atoms with Crippen LogP contribution in [0.3, 0.4) is 0 Å². The van der Waals surface area contributed by atoms with E-state index in [0.29, 0.717) is 36.5 Å². The number of amides is 1. The average molecular weight is 532 g/mol. The fraction of sp³-hybridized carbons (Fsp3) is 0.393. The zero-order valence-electron chi connectivity index (χ0n) is 21.8. The largest absolute Gasteiger partial charge is 0.481 e. The highest BCUT2D eigenvalue weighted by atomic mass is 19.4. The zero-order chi connectivity index (χ0) is 28.0. The van der Waals surface area contributed by atoms with Crippen LogP contribution < -0.4 is 10.1 Å². The van der Waals surface area contributed by atoms with E-state index in [-0.39, 0.29) is 29.7 Å². The molecule has 10 heteroatoms. The van der Waals surface area contributed by atoms with E-state index in [0.717, 1.165) is 18.1 Å². The van der Waals surface area contributed by atoms with Crippen LogP contribution in [-0.2, 0) is 13.0 Å². The molecule has 204 valence electrons. The fourth-order valence-corrected chi connectivity index (χ4v) is 4.00. The van der Waals surface area contributed by atoms with Crippen LogP contribution in [0.4, 0.5) is 13.2 Å². The van der Waals surface area contributed by atoms with E-state index in [9.17, 15) is 27.9 Å². The number of imidazole rings is 1. The molecule has 3 rings (SSSR count). The minimum atomic E-state index is -4.49. The second-order valence-corrected chi connectivity index (χ2v) is 9.16. The molecule has 0 saturated heterocycles. The Balaban J connectivity index is 1.69. The Hall–Kier alpha value is -3.66. The maximum atomic E-state index is 12.9. The Bertz CT molecular complexity index is 1270. The summed E-state index contributed by atoms with van der Waals surface area (Å²) in [6.45, 7) is 6.41. The molecule has 1 amide bonds. The number of hydrogen-bond donors (Lipinski definition) is 2. The van der Waals surface area contributed by atoms with Crippen molar-refractivity contribution in [2.24, 2.45) is 0 Å². The highest BCUT2D eigenvalue weighted by Crippen LogP contribution is 2.27. The molecule has 0 aliphatic heterocycles. The molecule has 0 bridgehead atoms. The van der Waals surface area contributed by atoms with Crippen molar-refractivity contribution in [1.29, 1.82) is 0 Å². The van der Waals surface area contributed by atoms with Gasteiger partial charge in [-0.25, -0.2) is 4.98 Å². The molecule has 1 heterocycles. The normalized spacial score (nSPS) is 13.2. The molecule has 1 unspecified atom stereocenters. The molecular weight excluding hydrogens is 499 g/mol. The molecule has 38 heavy (non-hydrogen) atoms. The Kier molecular flexibility index (Phi) is 9.32. The van der Waals surface area contributed by atoms with E-state index in [2.05, 4.69) is 10.3 Å². The number of rotatable bonds is 11. The zero-order valence-corrected chi connectivity index (χ0v) is 21.8. The Morgan fingerprint density at radius 3 is 2.37 bits per heavy atom. The minimum absolute atomic E-state index is 0.0533.